The van der Waals surface area contributed by atoms with Gasteiger partial charge in [0.05, 0.1) is 5.69 Å². The Labute approximate surface area is 116 Å². The van der Waals surface area contributed by atoms with Gasteiger partial charge in [0.1, 0.15) is 0 Å². The number of para-hydroxylation sites is 1. The van der Waals surface area contributed by atoms with Crippen LogP contribution in [0.3, 0.4) is 0 Å². The summed E-state index contributed by atoms with van der Waals surface area (Å²) in [4.78, 5) is 2.33. The van der Waals surface area contributed by atoms with E-state index in [1.54, 1.807) is 0 Å². The molecular formula is C16H25N3. The third kappa shape index (κ3) is 3.29. The lowest BCUT2D eigenvalue weighted by Crippen LogP contribution is -2.33. The Balaban J connectivity index is 2.11. The van der Waals surface area contributed by atoms with E-state index in [9.17, 15) is 0 Å². The summed E-state index contributed by atoms with van der Waals surface area (Å²) in [5, 5.41) is 1.32. The van der Waals surface area contributed by atoms with Crippen molar-refractivity contribution in [3.05, 3.63) is 30.5 Å². The van der Waals surface area contributed by atoms with E-state index in [0.717, 1.165) is 19.4 Å². The van der Waals surface area contributed by atoms with E-state index in [0.29, 0.717) is 0 Å². The van der Waals surface area contributed by atoms with E-state index in [4.69, 9.17) is 5.73 Å². The van der Waals surface area contributed by atoms with Gasteiger partial charge in [-0.1, -0.05) is 18.2 Å². The second-order valence-electron chi connectivity index (χ2n) is 6.16. The van der Waals surface area contributed by atoms with Gasteiger partial charge in [-0.05, 0) is 32.8 Å². The van der Waals surface area contributed by atoms with Gasteiger partial charge in [0.2, 0.25) is 0 Å². The largest absolute Gasteiger partial charge is 0.373 e. The van der Waals surface area contributed by atoms with Crippen molar-refractivity contribution in [1.82, 2.24) is 4.57 Å². The number of nitrogens with two attached hydrogens (primary N) is 1. The normalized spacial score (nSPS) is 12.1. The number of aromatic nitrogens is 1. The minimum Gasteiger partial charge on any atom is -0.373 e. The fourth-order valence-corrected chi connectivity index (χ4v) is 2.52. The van der Waals surface area contributed by atoms with Crippen molar-refractivity contribution in [3.8, 4) is 0 Å². The molecule has 1 heterocycles. The SMILES string of the molecule is CN(CCCC(C)(C)N)c1cn(C)c2ccccc12. The van der Waals surface area contributed by atoms with Gasteiger partial charge in [0, 0.05) is 43.3 Å². The molecule has 1 aromatic carbocycles. The third-order valence-electron chi connectivity index (χ3n) is 3.60. The first kappa shape index (κ1) is 13.9. The van der Waals surface area contributed by atoms with E-state index in [1.807, 2.05) is 0 Å². The number of fused-ring (bicyclic) bond motifs is 1. The molecule has 2 N–H and O–H groups in total. The van der Waals surface area contributed by atoms with E-state index < -0.39 is 0 Å². The molecule has 1 aromatic heterocycles. The van der Waals surface area contributed by atoms with Crippen molar-refractivity contribution in [2.45, 2.75) is 32.2 Å². The van der Waals surface area contributed by atoms with Gasteiger partial charge in [0.25, 0.3) is 0 Å². The van der Waals surface area contributed by atoms with E-state index in [1.165, 1.54) is 16.6 Å². The number of aryl methyl sites for hydroxylation is 1. The number of rotatable bonds is 5. The summed E-state index contributed by atoms with van der Waals surface area (Å²) < 4.78 is 2.19. The van der Waals surface area contributed by atoms with Gasteiger partial charge in [-0.25, -0.2) is 0 Å². The highest BCUT2D eigenvalue weighted by Gasteiger charge is 2.13. The Kier molecular flexibility index (Phi) is 3.85. The lowest BCUT2D eigenvalue weighted by Gasteiger charge is -2.22. The summed E-state index contributed by atoms with van der Waals surface area (Å²) in [5.74, 6) is 0. The van der Waals surface area contributed by atoms with Crippen LogP contribution in [0.25, 0.3) is 10.9 Å². The van der Waals surface area contributed by atoms with E-state index >= 15 is 0 Å². The maximum Gasteiger partial charge on any atom is 0.0623 e. The molecule has 0 spiro atoms. The van der Waals surface area contributed by atoms with Crippen LogP contribution >= 0.6 is 0 Å². The first-order chi connectivity index (χ1) is 8.88. The van der Waals surface area contributed by atoms with Gasteiger partial charge >= 0.3 is 0 Å². The monoisotopic (exact) mass is 259 g/mol. The average Bonchev–Trinajstić information content (AvgIpc) is 2.66. The highest BCUT2D eigenvalue weighted by Crippen LogP contribution is 2.27. The predicted octanol–water partition coefficient (Wildman–Crippen LogP) is 3.13. The van der Waals surface area contributed by atoms with Gasteiger partial charge in [-0.15, -0.1) is 0 Å². The minimum atomic E-state index is -0.0698. The smallest absolute Gasteiger partial charge is 0.0623 e. The van der Waals surface area contributed by atoms with Crippen LogP contribution in [-0.4, -0.2) is 23.7 Å². The molecule has 3 heteroatoms. The van der Waals surface area contributed by atoms with Crippen molar-refractivity contribution < 1.29 is 0 Å². The minimum absolute atomic E-state index is 0.0698. The van der Waals surface area contributed by atoms with E-state index in [-0.39, 0.29) is 5.54 Å². The summed E-state index contributed by atoms with van der Waals surface area (Å²) in [6.07, 6.45) is 4.36. The molecule has 0 fully saturated rings. The van der Waals surface area contributed by atoms with E-state index in [2.05, 4.69) is 67.9 Å². The molecule has 0 radical (unpaired) electrons. The zero-order chi connectivity index (χ0) is 14.0. The first-order valence-electron chi connectivity index (χ1n) is 6.92. The predicted molar refractivity (Wildman–Crippen MR) is 83.7 cm³/mol. The van der Waals surface area contributed by atoms with Crippen LogP contribution in [0.2, 0.25) is 0 Å². The van der Waals surface area contributed by atoms with Gasteiger partial charge in [0.15, 0.2) is 0 Å². The molecule has 0 atom stereocenters. The van der Waals surface area contributed by atoms with Crippen LogP contribution in [-0.2, 0) is 7.05 Å². The van der Waals surface area contributed by atoms with Crippen molar-refractivity contribution in [1.29, 1.82) is 0 Å². The fraction of sp³-hybridized carbons (Fsp3) is 0.500. The summed E-state index contributed by atoms with van der Waals surface area (Å²) in [6.45, 7) is 5.21. The topological polar surface area (TPSA) is 34.2 Å². The standard InChI is InChI=1S/C16H25N3/c1-16(2,17)10-7-11-18(3)15-12-19(4)14-9-6-5-8-13(14)15/h5-6,8-9,12H,7,10-11,17H2,1-4H3. The van der Waals surface area contributed by atoms with Gasteiger partial charge < -0.3 is 15.2 Å². The third-order valence-corrected chi connectivity index (χ3v) is 3.60. The molecule has 0 aliphatic carbocycles. The molecule has 19 heavy (non-hydrogen) atoms. The summed E-state index contributed by atoms with van der Waals surface area (Å²) in [5.41, 5.74) is 8.54. The number of anilines is 1. The average molecular weight is 259 g/mol. The molecule has 2 aromatic rings. The number of hydrogen-bond donors (Lipinski definition) is 1. The molecule has 0 saturated heterocycles. The Bertz CT molecular complexity index is 549. The number of nitrogens with zero attached hydrogens (tertiary/aromatic N) is 2. The van der Waals surface area contributed by atoms with Crippen LogP contribution in [0.5, 0.6) is 0 Å². The molecule has 0 amide bonds. The fourth-order valence-electron chi connectivity index (χ4n) is 2.52. The van der Waals surface area contributed by atoms with Gasteiger partial charge in [-0.2, -0.15) is 0 Å². The second kappa shape index (κ2) is 5.25. The number of hydrogen-bond acceptors (Lipinski definition) is 2. The molecule has 0 unspecified atom stereocenters. The molecule has 2 rings (SSSR count). The molecular weight excluding hydrogens is 234 g/mol. The zero-order valence-electron chi connectivity index (χ0n) is 12.5. The van der Waals surface area contributed by atoms with Gasteiger partial charge in [-0.3, -0.25) is 0 Å². The quantitative estimate of drug-likeness (QED) is 0.895. The second-order valence-corrected chi connectivity index (χ2v) is 6.16. The van der Waals surface area contributed by atoms with Crippen LogP contribution in [0.4, 0.5) is 5.69 Å². The maximum atomic E-state index is 6.03. The molecule has 0 saturated carbocycles. The zero-order valence-corrected chi connectivity index (χ0v) is 12.5. The lowest BCUT2D eigenvalue weighted by molar-refractivity contribution is 0.460. The van der Waals surface area contributed by atoms with Crippen molar-refractivity contribution in [2.24, 2.45) is 12.8 Å². The molecule has 3 nitrogen and oxygen atoms in total. The van der Waals surface area contributed by atoms with Crippen LogP contribution in [0, 0.1) is 0 Å². The highest BCUT2D eigenvalue weighted by molar-refractivity contribution is 5.93. The Morgan fingerprint density at radius 2 is 1.95 bits per heavy atom. The summed E-state index contributed by atoms with van der Waals surface area (Å²) in [6, 6.07) is 8.54. The lowest BCUT2D eigenvalue weighted by atomic mass is 10.00. The Morgan fingerprint density at radius 3 is 2.63 bits per heavy atom. The number of benzene rings is 1. The van der Waals surface area contributed by atoms with Crippen molar-refractivity contribution in [2.75, 3.05) is 18.5 Å². The van der Waals surface area contributed by atoms with Crippen molar-refractivity contribution in [3.63, 3.8) is 0 Å². The Morgan fingerprint density at radius 1 is 1.26 bits per heavy atom. The molecule has 0 aliphatic heterocycles. The van der Waals surface area contributed by atoms with Crippen LogP contribution in [0.1, 0.15) is 26.7 Å². The molecule has 0 bridgehead atoms. The Hall–Kier alpha value is -1.48. The van der Waals surface area contributed by atoms with Crippen LogP contribution in [0.15, 0.2) is 30.5 Å². The highest BCUT2D eigenvalue weighted by atomic mass is 15.1. The molecule has 104 valence electrons. The summed E-state index contributed by atoms with van der Waals surface area (Å²) in [7, 11) is 4.26. The van der Waals surface area contributed by atoms with Crippen LogP contribution < -0.4 is 10.6 Å². The molecule has 0 aliphatic rings. The first-order valence-corrected chi connectivity index (χ1v) is 6.92. The summed E-state index contributed by atoms with van der Waals surface area (Å²) >= 11 is 0. The maximum absolute atomic E-state index is 6.03. The van der Waals surface area contributed by atoms with Crippen molar-refractivity contribution >= 4 is 16.6 Å².